The van der Waals surface area contributed by atoms with Crippen molar-refractivity contribution in [1.82, 2.24) is 15.3 Å². The molecule has 0 amide bonds. The lowest BCUT2D eigenvalue weighted by atomic mass is 9.96. The van der Waals surface area contributed by atoms with Gasteiger partial charge in [-0.3, -0.25) is 0 Å². The van der Waals surface area contributed by atoms with E-state index in [0.717, 1.165) is 0 Å². The van der Waals surface area contributed by atoms with Crippen molar-refractivity contribution in [3.63, 3.8) is 0 Å². The second-order valence-electron chi connectivity index (χ2n) is 4.14. The SMILES string of the molecule is CNCc1[nH]c(C(C)(C)C)nc1F. The number of rotatable bonds is 2. The zero-order valence-electron chi connectivity index (χ0n) is 8.53. The Bertz CT molecular complexity index is 286. The van der Waals surface area contributed by atoms with Gasteiger partial charge in [-0.1, -0.05) is 20.8 Å². The van der Waals surface area contributed by atoms with Crippen LogP contribution in [0.4, 0.5) is 4.39 Å². The van der Waals surface area contributed by atoms with Crippen molar-refractivity contribution in [1.29, 1.82) is 0 Å². The summed E-state index contributed by atoms with van der Waals surface area (Å²) < 4.78 is 13.1. The van der Waals surface area contributed by atoms with Crippen LogP contribution in [0.2, 0.25) is 0 Å². The van der Waals surface area contributed by atoms with Crippen molar-refractivity contribution in [2.75, 3.05) is 7.05 Å². The Kier molecular flexibility index (Phi) is 2.71. The number of H-pyrrole nitrogens is 1. The molecule has 0 bridgehead atoms. The van der Waals surface area contributed by atoms with Crippen molar-refractivity contribution in [2.24, 2.45) is 0 Å². The highest BCUT2D eigenvalue weighted by Crippen LogP contribution is 2.19. The van der Waals surface area contributed by atoms with Gasteiger partial charge in [0.2, 0.25) is 5.95 Å². The van der Waals surface area contributed by atoms with Gasteiger partial charge in [-0.2, -0.15) is 4.39 Å². The molecule has 0 saturated heterocycles. The minimum absolute atomic E-state index is 0.132. The van der Waals surface area contributed by atoms with Crippen molar-refractivity contribution in [3.05, 3.63) is 17.5 Å². The lowest BCUT2D eigenvalue weighted by molar-refractivity contribution is 0.529. The summed E-state index contributed by atoms with van der Waals surface area (Å²) in [6.07, 6.45) is 0. The summed E-state index contributed by atoms with van der Waals surface area (Å²) >= 11 is 0. The Morgan fingerprint density at radius 3 is 2.46 bits per heavy atom. The predicted molar refractivity (Wildman–Crippen MR) is 50.0 cm³/mol. The molecule has 0 radical (unpaired) electrons. The van der Waals surface area contributed by atoms with Gasteiger partial charge in [-0.05, 0) is 7.05 Å². The average Bonchev–Trinajstić information content (AvgIpc) is 2.32. The van der Waals surface area contributed by atoms with Crippen LogP contribution in [-0.2, 0) is 12.0 Å². The molecule has 0 unspecified atom stereocenters. The third kappa shape index (κ3) is 2.28. The van der Waals surface area contributed by atoms with Crippen LogP contribution >= 0.6 is 0 Å². The Labute approximate surface area is 77.8 Å². The van der Waals surface area contributed by atoms with Crippen molar-refractivity contribution in [3.8, 4) is 0 Å². The van der Waals surface area contributed by atoms with Crippen molar-refractivity contribution >= 4 is 0 Å². The molecular formula is C9H16FN3. The number of imidazole rings is 1. The van der Waals surface area contributed by atoms with E-state index < -0.39 is 5.95 Å². The molecule has 13 heavy (non-hydrogen) atoms. The number of hydrogen-bond donors (Lipinski definition) is 2. The standard InChI is InChI=1S/C9H16FN3/c1-9(2,3)8-12-6(5-11-4)7(10)13-8/h11H,5H2,1-4H3,(H,12,13). The number of nitrogens with zero attached hydrogens (tertiary/aromatic N) is 1. The summed E-state index contributed by atoms with van der Waals surface area (Å²) in [5.74, 6) is 0.287. The lowest BCUT2D eigenvalue weighted by Gasteiger charge is -2.13. The van der Waals surface area contributed by atoms with Crippen LogP contribution in [-0.4, -0.2) is 17.0 Å². The summed E-state index contributed by atoms with van der Waals surface area (Å²) in [4.78, 5) is 6.81. The monoisotopic (exact) mass is 185 g/mol. The number of aromatic amines is 1. The summed E-state index contributed by atoms with van der Waals surface area (Å²) in [6, 6.07) is 0. The van der Waals surface area contributed by atoms with E-state index in [-0.39, 0.29) is 5.41 Å². The first-order valence-corrected chi connectivity index (χ1v) is 4.34. The molecule has 1 heterocycles. The molecule has 4 heteroatoms. The lowest BCUT2D eigenvalue weighted by Crippen LogP contribution is -2.13. The molecule has 0 aromatic carbocycles. The zero-order valence-corrected chi connectivity index (χ0v) is 8.53. The van der Waals surface area contributed by atoms with Gasteiger partial charge in [-0.15, -0.1) is 0 Å². The van der Waals surface area contributed by atoms with Gasteiger partial charge in [-0.25, -0.2) is 4.98 Å². The van der Waals surface area contributed by atoms with Gasteiger partial charge in [0, 0.05) is 12.0 Å². The van der Waals surface area contributed by atoms with E-state index in [2.05, 4.69) is 15.3 Å². The highest BCUT2D eigenvalue weighted by atomic mass is 19.1. The minimum Gasteiger partial charge on any atom is -0.342 e. The second-order valence-corrected chi connectivity index (χ2v) is 4.14. The molecule has 0 saturated carbocycles. The zero-order chi connectivity index (χ0) is 10.1. The van der Waals surface area contributed by atoms with Crippen molar-refractivity contribution < 1.29 is 4.39 Å². The van der Waals surface area contributed by atoms with Gasteiger partial charge in [0.15, 0.2) is 0 Å². The topological polar surface area (TPSA) is 40.7 Å². The number of hydrogen-bond acceptors (Lipinski definition) is 2. The van der Waals surface area contributed by atoms with E-state index in [0.29, 0.717) is 18.1 Å². The van der Waals surface area contributed by atoms with E-state index in [1.807, 2.05) is 20.8 Å². The van der Waals surface area contributed by atoms with E-state index >= 15 is 0 Å². The first-order chi connectivity index (χ1) is 5.95. The summed E-state index contributed by atoms with van der Waals surface area (Å²) in [7, 11) is 1.77. The van der Waals surface area contributed by atoms with E-state index in [1.54, 1.807) is 7.05 Å². The van der Waals surface area contributed by atoms with Crippen LogP contribution in [0.15, 0.2) is 0 Å². The normalized spacial score (nSPS) is 12.1. The van der Waals surface area contributed by atoms with Gasteiger partial charge < -0.3 is 10.3 Å². The molecule has 1 aromatic heterocycles. The third-order valence-electron chi connectivity index (χ3n) is 1.79. The molecule has 0 spiro atoms. The van der Waals surface area contributed by atoms with Crippen LogP contribution in [0.3, 0.4) is 0 Å². The molecular weight excluding hydrogens is 169 g/mol. The average molecular weight is 185 g/mol. The van der Waals surface area contributed by atoms with E-state index in [9.17, 15) is 4.39 Å². The molecule has 74 valence electrons. The maximum atomic E-state index is 13.1. The molecule has 0 aliphatic rings. The first-order valence-electron chi connectivity index (χ1n) is 4.34. The molecule has 1 aromatic rings. The Morgan fingerprint density at radius 1 is 1.46 bits per heavy atom. The summed E-state index contributed by atoms with van der Waals surface area (Å²) in [6.45, 7) is 6.46. The summed E-state index contributed by atoms with van der Waals surface area (Å²) in [5.41, 5.74) is 0.389. The molecule has 1 rings (SSSR count). The molecule has 0 atom stereocenters. The van der Waals surface area contributed by atoms with Crippen molar-refractivity contribution in [2.45, 2.75) is 32.7 Å². The molecule has 0 aliphatic heterocycles. The number of nitrogens with one attached hydrogen (secondary N) is 2. The van der Waals surface area contributed by atoms with Gasteiger partial charge >= 0.3 is 0 Å². The van der Waals surface area contributed by atoms with E-state index in [4.69, 9.17) is 0 Å². The molecule has 0 fully saturated rings. The van der Waals surface area contributed by atoms with Crippen LogP contribution < -0.4 is 5.32 Å². The molecule has 0 aliphatic carbocycles. The highest BCUT2D eigenvalue weighted by Gasteiger charge is 2.20. The largest absolute Gasteiger partial charge is 0.342 e. The van der Waals surface area contributed by atoms with Crippen LogP contribution in [0, 0.1) is 5.95 Å². The number of aromatic nitrogens is 2. The fourth-order valence-corrected chi connectivity index (χ4v) is 1.04. The fraction of sp³-hybridized carbons (Fsp3) is 0.667. The second kappa shape index (κ2) is 3.46. The first kappa shape index (κ1) is 10.2. The van der Waals surface area contributed by atoms with Crippen LogP contribution in [0.5, 0.6) is 0 Å². The minimum atomic E-state index is -0.403. The predicted octanol–water partition coefficient (Wildman–Crippen LogP) is 1.57. The molecule has 2 N–H and O–H groups in total. The van der Waals surface area contributed by atoms with Gasteiger partial charge in [0.05, 0.1) is 5.69 Å². The number of halogens is 1. The Hall–Kier alpha value is -0.900. The quantitative estimate of drug-likeness (QED) is 0.734. The maximum Gasteiger partial charge on any atom is 0.235 e. The molecule has 3 nitrogen and oxygen atoms in total. The van der Waals surface area contributed by atoms with Gasteiger partial charge in [0.25, 0.3) is 0 Å². The van der Waals surface area contributed by atoms with E-state index in [1.165, 1.54) is 0 Å². The smallest absolute Gasteiger partial charge is 0.235 e. The Morgan fingerprint density at radius 2 is 2.08 bits per heavy atom. The van der Waals surface area contributed by atoms with Crippen LogP contribution in [0.25, 0.3) is 0 Å². The summed E-state index contributed by atoms with van der Waals surface area (Å²) in [5, 5.41) is 2.88. The maximum absolute atomic E-state index is 13.1. The fourth-order valence-electron chi connectivity index (χ4n) is 1.04. The third-order valence-corrected chi connectivity index (χ3v) is 1.79. The Balaban J connectivity index is 2.95. The van der Waals surface area contributed by atoms with Crippen LogP contribution in [0.1, 0.15) is 32.3 Å². The highest BCUT2D eigenvalue weighted by molar-refractivity contribution is 5.10. The van der Waals surface area contributed by atoms with Gasteiger partial charge in [0.1, 0.15) is 5.82 Å².